The van der Waals surface area contributed by atoms with Crippen LogP contribution in [0.15, 0.2) is 53.3 Å². The number of amides is 1. The number of aromatic amines is 1. The fraction of sp³-hybridized carbons (Fsp3) is 0.190. The average molecular weight is 379 g/mol. The molecule has 0 aliphatic rings. The van der Waals surface area contributed by atoms with E-state index in [2.05, 4.69) is 15.3 Å². The van der Waals surface area contributed by atoms with Crippen molar-refractivity contribution >= 4 is 5.91 Å². The highest BCUT2D eigenvalue weighted by Gasteiger charge is 2.10. The number of hydrogen-bond donors (Lipinski definition) is 3. The minimum Gasteiger partial charge on any atom is -0.508 e. The van der Waals surface area contributed by atoms with Crippen LogP contribution in [-0.2, 0) is 4.74 Å². The number of H-pyrrole nitrogens is 1. The van der Waals surface area contributed by atoms with Crippen LogP contribution in [0.3, 0.4) is 0 Å². The Morgan fingerprint density at radius 3 is 2.75 bits per heavy atom. The fourth-order valence-electron chi connectivity index (χ4n) is 2.77. The van der Waals surface area contributed by atoms with Gasteiger partial charge in [-0.2, -0.15) is 4.98 Å². The molecule has 1 aromatic heterocycles. The Bertz CT molecular complexity index is 1060. The Hall–Kier alpha value is -3.45. The van der Waals surface area contributed by atoms with Gasteiger partial charge in [-0.05, 0) is 54.4 Å². The number of rotatable bonds is 6. The number of nitrogens with one attached hydrogen (secondary N) is 2. The van der Waals surface area contributed by atoms with Gasteiger partial charge in [0.15, 0.2) is 0 Å². The third-order valence-corrected chi connectivity index (χ3v) is 4.26. The largest absolute Gasteiger partial charge is 0.508 e. The third kappa shape index (κ3) is 4.44. The molecule has 0 aliphatic heterocycles. The van der Waals surface area contributed by atoms with Crippen molar-refractivity contribution in [2.75, 3.05) is 20.3 Å². The highest BCUT2D eigenvalue weighted by atomic mass is 16.5. The number of aromatic nitrogens is 2. The van der Waals surface area contributed by atoms with Crippen LogP contribution >= 0.6 is 0 Å². The molecule has 28 heavy (non-hydrogen) atoms. The smallest absolute Gasteiger partial charge is 0.345 e. The second-order valence-electron chi connectivity index (χ2n) is 6.32. The first-order valence-electron chi connectivity index (χ1n) is 8.77. The molecule has 0 saturated carbocycles. The Balaban J connectivity index is 1.95. The van der Waals surface area contributed by atoms with Gasteiger partial charge in [0.05, 0.1) is 18.0 Å². The maximum atomic E-state index is 12.3. The maximum absolute atomic E-state index is 12.3. The zero-order chi connectivity index (χ0) is 20.1. The molecule has 0 radical (unpaired) electrons. The van der Waals surface area contributed by atoms with Crippen LogP contribution in [0.25, 0.3) is 22.5 Å². The number of aryl methyl sites for hydroxylation is 1. The van der Waals surface area contributed by atoms with Crippen molar-refractivity contribution in [3.63, 3.8) is 0 Å². The van der Waals surface area contributed by atoms with E-state index >= 15 is 0 Å². The first-order chi connectivity index (χ1) is 13.5. The van der Waals surface area contributed by atoms with E-state index in [1.807, 2.05) is 6.07 Å². The number of aromatic hydroxyl groups is 1. The summed E-state index contributed by atoms with van der Waals surface area (Å²) in [5, 5.41) is 12.5. The summed E-state index contributed by atoms with van der Waals surface area (Å²) in [7, 11) is 1.57. The van der Waals surface area contributed by atoms with Crippen molar-refractivity contribution < 1.29 is 14.6 Å². The highest BCUT2D eigenvalue weighted by molar-refractivity contribution is 5.95. The molecule has 0 spiro atoms. The number of nitrogens with zero attached hydrogens (tertiary/aromatic N) is 1. The number of carbonyl (C=O) groups is 1. The fourth-order valence-corrected chi connectivity index (χ4v) is 2.77. The van der Waals surface area contributed by atoms with Gasteiger partial charge in [0, 0.05) is 24.8 Å². The number of phenols is 1. The van der Waals surface area contributed by atoms with Gasteiger partial charge in [-0.1, -0.05) is 12.1 Å². The van der Waals surface area contributed by atoms with E-state index in [1.165, 1.54) is 0 Å². The van der Waals surface area contributed by atoms with Crippen molar-refractivity contribution in [1.29, 1.82) is 0 Å². The highest BCUT2D eigenvalue weighted by Crippen LogP contribution is 2.26. The lowest BCUT2D eigenvalue weighted by atomic mass is 10.0. The molecule has 144 valence electrons. The van der Waals surface area contributed by atoms with Gasteiger partial charge in [-0.25, -0.2) is 4.79 Å². The lowest BCUT2D eigenvalue weighted by molar-refractivity contribution is 0.0937. The molecule has 0 fully saturated rings. The van der Waals surface area contributed by atoms with Crippen molar-refractivity contribution in [2.24, 2.45) is 0 Å². The van der Waals surface area contributed by atoms with E-state index in [0.717, 1.165) is 5.56 Å². The van der Waals surface area contributed by atoms with Crippen molar-refractivity contribution in [3.8, 4) is 28.3 Å². The van der Waals surface area contributed by atoms with E-state index < -0.39 is 5.69 Å². The average Bonchev–Trinajstić information content (AvgIpc) is 2.70. The molecule has 1 heterocycles. The number of methoxy groups -OCH3 is 1. The predicted molar refractivity (Wildman–Crippen MR) is 106 cm³/mol. The van der Waals surface area contributed by atoms with Gasteiger partial charge in [-0.15, -0.1) is 0 Å². The zero-order valence-electron chi connectivity index (χ0n) is 15.7. The topological polar surface area (TPSA) is 104 Å². The van der Waals surface area contributed by atoms with Gasteiger partial charge >= 0.3 is 5.69 Å². The van der Waals surface area contributed by atoms with Crippen LogP contribution in [0.1, 0.15) is 15.9 Å². The van der Waals surface area contributed by atoms with E-state index in [1.54, 1.807) is 56.5 Å². The molecule has 3 rings (SSSR count). The molecule has 0 unspecified atom stereocenters. The Morgan fingerprint density at radius 2 is 2.00 bits per heavy atom. The third-order valence-electron chi connectivity index (χ3n) is 4.26. The predicted octanol–water partition coefficient (Wildman–Crippen LogP) is 2.49. The normalized spacial score (nSPS) is 10.6. The van der Waals surface area contributed by atoms with Gasteiger partial charge in [0.1, 0.15) is 5.75 Å². The van der Waals surface area contributed by atoms with E-state index in [0.29, 0.717) is 41.2 Å². The summed E-state index contributed by atoms with van der Waals surface area (Å²) in [6, 6.07) is 13.8. The van der Waals surface area contributed by atoms with E-state index in [9.17, 15) is 14.7 Å². The van der Waals surface area contributed by atoms with Crippen LogP contribution in [-0.4, -0.2) is 41.2 Å². The summed E-state index contributed by atoms with van der Waals surface area (Å²) in [4.78, 5) is 31.1. The van der Waals surface area contributed by atoms with Crippen LogP contribution < -0.4 is 11.0 Å². The minimum absolute atomic E-state index is 0.181. The van der Waals surface area contributed by atoms with Crippen LogP contribution in [0.4, 0.5) is 0 Å². The molecule has 3 N–H and O–H groups in total. The van der Waals surface area contributed by atoms with Gasteiger partial charge < -0.3 is 20.1 Å². The second-order valence-corrected chi connectivity index (χ2v) is 6.32. The molecule has 0 saturated heterocycles. The number of carbonyl (C=O) groups excluding carboxylic acids is 1. The molecular formula is C21H21N3O4. The summed E-state index contributed by atoms with van der Waals surface area (Å²) in [6.45, 7) is 2.62. The first-order valence-corrected chi connectivity index (χ1v) is 8.77. The monoisotopic (exact) mass is 379 g/mol. The van der Waals surface area contributed by atoms with Crippen LogP contribution in [0.5, 0.6) is 5.75 Å². The standard InChI is InChI=1S/C21H21N3O4/c1-13-10-15(6-7-19(13)25)18-12-17(23-21(27)24-18)14-4-3-5-16(11-14)20(26)22-8-9-28-2/h3-7,10-12,25H,8-9H2,1-2H3,(H,22,26)(H,23,24,27). The molecular weight excluding hydrogens is 358 g/mol. The summed E-state index contributed by atoms with van der Waals surface area (Å²) in [6.07, 6.45) is 0. The zero-order valence-corrected chi connectivity index (χ0v) is 15.7. The van der Waals surface area contributed by atoms with Crippen molar-refractivity contribution in [2.45, 2.75) is 6.92 Å². The van der Waals surface area contributed by atoms with Gasteiger partial charge in [-0.3, -0.25) is 4.79 Å². The number of hydrogen-bond acceptors (Lipinski definition) is 5. The second kappa shape index (κ2) is 8.49. The minimum atomic E-state index is -0.492. The lowest BCUT2D eigenvalue weighted by Gasteiger charge is -2.09. The Morgan fingerprint density at radius 1 is 1.18 bits per heavy atom. The lowest BCUT2D eigenvalue weighted by Crippen LogP contribution is -2.26. The van der Waals surface area contributed by atoms with Gasteiger partial charge in [0.2, 0.25) is 0 Å². The molecule has 0 atom stereocenters. The quantitative estimate of drug-likeness (QED) is 0.571. The SMILES string of the molecule is COCCNC(=O)c1cccc(-c2cc(-c3ccc(O)c(C)c3)nc(=O)[nH]2)c1. The van der Waals surface area contributed by atoms with Crippen LogP contribution in [0.2, 0.25) is 0 Å². The molecule has 3 aromatic rings. The molecule has 0 aliphatic carbocycles. The van der Waals surface area contributed by atoms with E-state index in [-0.39, 0.29) is 11.7 Å². The first kappa shape index (κ1) is 19.3. The summed E-state index contributed by atoms with van der Waals surface area (Å²) < 4.78 is 4.93. The number of ether oxygens (including phenoxy) is 1. The molecule has 7 heteroatoms. The van der Waals surface area contributed by atoms with Crippen molar-refractivity contribution in [3.05, 3.63) is 70.1 Å². The van der Waals surface area contributed by atoms with Crippen LogP contribution in [0, 0.1) is 6.92 Å². The molecule has 0 bridgehead atoms. The van der Waals surface area contributed by atoms with E-state index in [4.69, 9.17) is 4.74 Å². The number of benzene rings is 2. The summed E-state index contributed by atoms with van der Waals surface area (Å²) in [5.74, 6) is -0.0364. The van der Waals surface area contributed by atoms with Gasteiger partial charge in [0.25, 0.3) is 5.91 Å². The molecule has 1 amide bonds. The Labute approximate surface area is 162 Å². The number of phenolic OH excluding ortho intramolecular Hbond substituents is 1. The summed E-state index contributed by atoms with van der Waals surface area (Å²) >= 11 is 0. The van der Waals surface area contributed by atoms with Crippen molar-refractivity contribution in [1.82, 2.24) is 15.3 Å². The summed E-state index contributed by atoms with van der Waals surface area (Å²) in [5.41, 5.74) is 3.12. The molecule has 2 aromatic carbocycles. The Kier molecular flexibility index (Phi) is 5.86. The molecule has 7 nitrogen and oxygen atoms in total. The maximum Gasteiger partial charge on any atom is 0.345 e.